The molecule has 0 N–H and O–H groups in total. The van der Waals surface area contributed by atoms with E-state index in [1.54, 1.807) is 0 Å². The van der Waals surface area contributed by atoms with Crippen LogP contribution in [-0.4, -0.2) is 6.54 Å². The van der Waals surface area contributed by atoms with Crippen molar-refractivity contribution in [3.8, 4) is 0 Å². The van der Waals surface area contributed by atoms with Crippen molar-refractivity contribution in [1.82, 2.24) is 0 Å². The molecule has 0 radical (unpaired) electrons. The number of hydrogen-bond donors (Lipinski definition) is 0. The molecule has 2 aromatic carbocycles. The van der Waals surface area contributed by atoms with Crippen LogP contribution in [0.2, 0.25) is 0 Å². The average Bonchev–Trinajstić information content (AvgIpc) is 2.46. The van der Waals surface area contributed by atoms with E-state index < -0.39 is 0 Å². The minimum atomic E-state index is 0.905. The van der Waals surface area contributed by atoms with Gasteiger partial charge in [0.1, 0.15) is 0 Å². The van der Waals surface area contributed by atoms with E-state index in [2.05, 4.69) is 70.2 Å². The highest BCUT2D eigenvalue weighted by atomic mass is 79.9. The van der Waals surface area contributed by atoms with Crippen LogP contribution in [-0.2, 0) is 11.8 Å². The van der Waals surface area contributed by atoms with E-state index in [-0.39, 0.29) is 0 Å². The minimum Gasteiger partial charge on any atom is -0.341 e. The van der Waals surface area contributed by atoms with Crippen LogP contribution < -0.4 is 4.90 Å². The summed E-state index contributed by atoms with van der Waals surface area (Å²) in [6.07, 6.45) is 2.43. The monoisotopic (exact) mass is 315 g/mol. The first-order chi connectivity index (χ1) is 9.29. The molecule has 2 heteroatoms. The number of fused-ring (bicyclic) bond motifs is 1. The van der Waals surface area contributed by atoms with Gasteiger partial charge in [-0.2, -0.15) is 0 Å². The molecule has 1 aliphatic rings. The molecule has 98 valence electrons. The second-order valence-corrected chi connectivity index (χ2v) is 5.71. The number of benzene rings is 2. The number of anilines is 2. The number of hydrogen-bond acceptors (Lipinski definition) is 1. The minimum absolute atomic E-state index is 0.905. The Bertz CT molecular complexity index is 592. The zero-order chi connectivity index (χ0) is 13.2. The third-order valence-corrected chi connectivity index (χ3v) is 4.38. The van der Waals surface area contributed by atoms with Gasteiger partial charge in [-0.1, -0.05) is 51.8 Å². The lowest BCUT2D eigenvalue weighted by atomic mass is 10.00. The zero-order valence-electron chi connectivity index (χ0n) is 11.2. The summed E-state index contributed by atoms with van der Waals surface area (Å²) in [4.78, 5) is 2.47. The topological polar surface area (TPSA) is 3.24 Å². The highest BCUT2D eigenvalue weighted by Gasteiger charge is 2.19. The van der Waals surface area contributed by atoms with Crippen molar-refractivity contribution in [2.24, 2.45) is 0 Å². The van der Waals surface area contributed by atoms with E-state index in [1.165, 1.54) is 40.9 Å². The second kappa shape index (κ2) is 5.38. The van der Waals surface area contributed by atoms with E-state index >= 15 is 0 Å². The Morgan fingerprint density at radius 2 is 1.95 bits per heavy atom. The molecule has 1 heterocycles. The predicted molar refractivity (Wildman–Crippen MR) is 85.6 cm³/mol. The van der Waals surface area contributed by atoms with E-state index in [0.717, 1.165) is 11.9 Å². The van der Waals surface area contributed by atoms with Gasteiger partial charge in [-0.05, 0) is 43.0 Å². The standard InChI is InChI=1S/C17H18BrN/c1-13-8-9-17(15(11-13)12-18)19-10-4-6-14-5-2-3-7-16(14)19/h2-3,5,7-9,11H,4,6,10,12H2,1H3. The molecule has 1 aliphatic heterocycles. The van der Waals surface area contributed by atoms with E-state index in [1.807, 2.05) is 0 Å². The Hall–Kier alpha value is -1.28. The lowest BCUT2D eigenvalue weighted by molar-refractivity contribution is 0.765. The van der Waals surface area contributed by atoms with Crippen molar-refractivity contribution in [2.75, 3.05) is 11.4 Å². The van der Waals surface area contributed by atoms with Gasteiger partial charge in [-0.25, -0.2) is 0 Å². The molecule has 0 aliphatic carbocycles. The van der Waals surface area contributed by atoms with Crippen LogP contribution in [0.5, 0.6) is 0 Å². The van der Waals surface area contributed by atoms with Gasteiger partial charge in [0.2, 0.25) is 0 Å². The molecule has 2 aromatic rings. The summed E-state index contributed by atoms with van der Waals surface area (Å²) >= 11 is 3.62. The summed E-state index contributed by atoms with van der Waals surface area (Å²) in [5.74, 6) is 0. The van der Waals surface area contributed by atoms with Gasteiger partial charge in [0, 0.05) is 23.2 Å². The molecule has 0 fully saturated rings. The first kappa shape index (κ1) is 12.7. The van der Waals surface area contributed by atoms with Crippen molar-refractivity contribution in [1.29, 1.82) is 0 Å². The molecule has 0 bridgehead atoms. The van der Waals surface area contributed by atoms with Crippen molar-refractivity contribution in [3.63, 3.8) is 0 Å². The maximum atomic E-state index is 3.62. The van der Waals surface area contributed by atoms with Crippen molar-refractivity contribution < 1.29 is 0 Å². The Balaban J connectivity index is 2.09. The SMILES string of the molecule is Cc1ccc(N2CCCc3ccccc32)c(CBr)c1. The first-order valence-electron chi connectivity index (χ1n) is 6.80. The number of alkyl halides is 1. The van der Waals surface area contributed by atoms with Crippen LogP contribution in [0.15, 0.2) is 42.5 Å². The fourth-order valence-corrected chi connectivity index (χ4v) is 3.32. The van der Waals surface area contributed by atoms with Gasteiger partial charge in [-0.15, -0.1) is 0 Å². The Morgan fingerprint density at radius 1 is 1.11 bits per heavy atom. The molecule has 0 amide bonds. The Labute approximate surface area is 123 Å². The number of halogens is 1. The van der Waals surface area contributed by atoms with Crippen LogP contribution >= 0.6 is 15.9 Å². The van der Waals surface area contributed by atoms with Gasteiger partial charge in [-0.3, -0.25) is 0 Å². The number of rotatable bonds is 2. The normalized spacial score (nSPS) is 14.3. The van der Waals surface area contributed by atoms with Gasteiger partial charge >= 0.3 is 0 Å². The van der Waals surface area contributed by atoms with Crippen LogP contribution in [0.1, 0.15) is 23.1 Å². The van der Waals surface area contributed by atoms with Crippen LogP contribution in [0.25, 0.3) is 0 Å². The molecule has 19 heavy (non-hydrogen) atoms. The number of para-hydroxylation sites is 1. The quantitative estimate of drug-likeness (QED) is 0.707. The summed E-state index contributed by atoms with van der Waals surface area (Å²) in [5.41, 5.74) is 6.88. The molecule has 0 aromatic heterocycles. The molecular formula is C17H18BrN. The molecule has 3 rings (SSSR count). The van der Waals surface area contributed by atoms with Gasteiger partial charge in [0.15, 0.2) is 0 Å². The van der Waals surface area contributed by atoms with E-state index in [0.29, 0.717) is 0 Å². The van der Waals surface area contributed by atoms with Crippen molar-refractivity contribution in [2.45, 2.75) is 25.1 Å². The largest absolute Gasteiger partial charge is 0.341 e. The fourth-order valence-electron chi connectivity index (χ4n) is 2.87. The van der Waals surface area contributed by atoms with E-state index in [4.69, 9.17) is 0 Å². The summed E-state index contributed by atoms with van der Waals surface area (Å²) in [6, 6.07) is 15.5. The summed E-state index contributed by atoms with van der Waals surface area (Å²) < 4.78 is 0. The molecule has 1 nitrogen and oxygen atoms in total. The maximum Gasteiger partial charge on any atom is 0.0452 e. The molecule has 0 unspecified atom stereocenters. The third-order valence-electron chi connectivity index (χ3n) is 3.78. The van der Waals surface area contributed by atoms with Gasteiger partial charge < -0.3 is 4.90 Å². The number of aryl methyl sites for hydroxylation is 2. The molecule has 0 atom stereocenters. The Kier molecular flexibility index (Phi) is 3.61. The molecule has 0 saturated heterocycles. The number of nitrogens with zero attached hydrogens (tertiary/aromatic N) is 1. The van der Waals surface area contributed by atoms with Gasteiger partial charge in [0.05, 0.1) is 0 Å². The highest BCUT2D eigenvalue weighted by molar-refractivity contribution is 9.08. The zero-order valence-corrected chi connectivity index (χ0v) is 12.8. The third kappa shape index (κ3) is 2.42. The lowest BCUT2D eigenvalue weighted by Crippen LogP contribution is -2.25. The van der Waals surface area contributed by atoms with Crippen LogP contribution in [0, 0.1) is 6.92 Å². The fraction of sp³-hybridized carbons (Fsp3) is 0.294. The first-order valence-corrected chi connectivity index (χ1v) is 7.92. The molecular weight excluding hydrogens is 298 g/mol. The summed E-state index contributed by atoms with van der Waals surface area (Å²) in [7, 11) is 0. The van der Waals surface area contributed by atoms with Crippen molar-refractivity contribution in [3.05, 3.63) is 59.2 Å². The molecule has 0 saturated carbocycles. The highest BCUT2D eigenvalue weighted by Crippen LogP contribution is 2.36. The maximum absolute atomic E-state index is 3.62. The smallest absolute Gasteiger partial charge is 0.0452 e. The Morgan fingerprint density at radius 3 is 2.79 bits per heavy atom. The van der Waals surface area contributed by atoms with Gasteiger partial charge in [0.25, 0.3) is 0 Å². The summed E-state index contributed by atoms with van der Waals surface area (Å²) in [6.45, 7) is 3.26. The molecule has 0 spiro atoms. The average molecular weight is 316 g/mol. The predicted octanol–water partition coefficient (Wildman–Crippen LogP) is 4.97. The lowest BCUT2D eigenvalue weighted by Gasteiger charge is -2.32. The second-order valence-electron chi connectivity index (χ2n) is 5.15. The summed E-state index contributed by atoms with van der Waals surface area (Å²) in [5, 5.41) is 0.905. The van der Waals surface area contributed by atoms with E-state index in [9.17, 15) is 0 Å². The van der Waals surface area contributed by atoms with Crippen LogP contribution in [0.3, 0.4) is 0 Å². The van der Waals surface area contributed by atoms with Crippen LogP contribution in [0.4, 0.5) is 11.4 Å². The van der Waals surface area contributed by atoms with Crippen molar-refractivity contribution >= 4 is 27.3 Å².